The van der Waals surface area contributed by atoms with E-state index in [1.807, 2.05) is 36.4 Å². The molecule has 4 heterocycles. The summed E-state index contributed by atoms with van der Waals surface area (Å²) in [5.41, 5.74) is 1.18. The summed E-state index contributed by atoms with van der Waals surface area (Å²) < 4.78 is 11.3. The summed E-state index contributed by atoms with van der Waals surface area (Å²) in [5.74, 6) is 1.28. The van der Waals surface area contributed by atoms with Gasteiger partial charge in [-0.2, -0.15) is 0 Å². The Morgan fingerprint density at radius 3 is 2.66 bits per heavy atom. The molecule has 1 saturated heterocycles. The van der Waals surface area contributed by atoms with Crippen LogP contribution >= 0.6 is 23.1 Å². The second-order valence-electron chi connectivity index (χ2n) is 7.72. The van der Waals surface area contributed by atoms with Crippen molar-refractivity contribution in [1.29, 1.82) is 0 Å². The molecule has 5 rings (SSSR count). The molecule has 0 aliphatic carbocycles. The fourth-order valence-electron chi connectivity index (χ4n) is 3.54. The van der Waals surface area contributed by atoms with Crippen LogP contribution in [0.2, 0.25) is 0 Å². The molecule has 12 heteroatoms. The third-order valence-electron chi connectivity index (χ3n) is 5.39. The molecule has 35 heavy (non-hydrogen) atoms. The third-order valence-corrected chi connectivity index (χ3v) is 7.50. The van der Waals surface area contributed by atoms with E-state index in [9.17, 15) is 9.59 Å². The van der Waals surface area contributed by atoms with Crippen LogP contribution < -0.4 is 10.2 Å². The monoisotopic (exact) mass is 510 g/mol. The van der Waals surface area contributed by atoms with Crippen molar-refractivity contribution in [3.8, 4) is 11.3 Å². The quantitative estimate of drug-likeness (QED) is 0.357. The number of carbonyl (C=O) groups is 2. The van der Waals surface area contributed by atoms with E-state index in [0.717, 1.165) is 15.0 Å². The fourth-order valence-corrected chi connectivity index (χ4v) is 5.27. The van der Waals surface area contributed by atoms with Crippen LogP contribution in [0.5, 0.6) is 0 Å². The van der Waals surface area contributed by atoms with Gasteiger partial charge in [-0.15, -0.1) is 10.2 Å². The second kappa shape index (κ2) is 10.7. The maximum absolute atomic E-state index is 12.9. The molecule has 2 amide bonds. The van der Waals surface area contributed by atoms with Crippen molar-refractivity contribution in [3.05, 3.63) is 66.2 Å². The largest absolute Gasteiger partial charge is 0.467 e. The molecule has 0 atom stereocenters. The lowest BCUT2D eigenvalue weighted by atomic mass is 10.1. The van der Waals surface area contributed by atoms with Crippen molar-refractivity contribution in [3.63, 3.8) is 0 Å². The van der Waals surface area contributed by atoms with Crippen molar-refractivity contribution in [2.24, 2.45) is 0 Å². The molecule has 4 aromatic rings. The van der Waals surface area contributed by atoms with Crippen LogP contribution in [0, 0.1) is 0 Å². The fraction of sp³-hybridized carbons (Fsp3) is 0.261. The lowest BCUT2D eigenvalue weighted by Crippen LogP contribution is -2.48. The summed E-state index contributed by atoms with van der Waals surface area (Å²) in [7, 11) is 0. The summed E-state index contributed by atoms with van der Waals surface area (Å²) in [6, 6.07) is 14.8. The number of piperazine rings is 1. The SMILES string of the molecule is O=C(CSc1nnc(N2CCN(C(=O)c3cc(-c4ccccc4)on3)CC2)s1)NCc1ccco1. The average molecular weight is 511 g/mol. The number of aromatic nitrogens is 3. The Kier molecular flexibility index (Phi) is 7.09. The lowest BCUT2D eigenvalue weighted by molar-refractivity contribution is -0.118. The Bertz CT molecular complexity index is 1270. The number of hydrogen-bond acceptors (Lipinski definition) is 10. The van der Waals surface area contributed by atoms with Crippen molar-refractivity contribution in [2.45, 2.75) is 10.9 Å². The zero-order valence-electron chi connectivity index (χ0n) is 18.6. The highest BCUT2D eigenvalue weighted by Crippen LogP contribution is 2.29. The first-order valence-electron chi connectivity index (χ1n) is 11.0. The summed E-state index contributed by atoms with van der Waals surface area (Å²) in [6.45, 7) is 2.72. The zero-order valence-corrected chi connectivity index (χ0v) is 20.3. The van der Waals surface area contributed by atoms with Crippen LogP contribution in [0.15, 0.2) is 68.1 Å². The van der Waals surface area contributed by atoms with Crippen molar-refractivity contribution in [1.82, 2.24) is 25.6 Å². The summed E-state index contributed by atoms with van der Waals surface area (Å²) in [6.07, 6.45) is 1.57. The van der Waals surface area contributed by atoms with E-state index >= 15 is 0 Å². The smallest absolute Gasteiger partial charge is 0.276 e. The molecule has 0 unspecified atom stereocenters. The first-order chi connectivity index (χ1) is 17.2. The number of nitrogens with one attached hydrogen (secondary N) is 1. The second-order valence-corrected chi connectivity index (χ2v) is 9.90. The van der Waals surface area contributed by atoms with E-state index in [2.05, 4.69) is 25.6 Å². The standard InChI is InChI=1S/C23H22N6O4S2/c30-20(24-14-17-7-4-12-32-17)15-34-23-26-25-22(35-23)29-10-8-28(9-11-29)21(31)18-13-19(33-27-18)16-5-2-1-3-6-16/h1-7,12-13H,8-11,14-15H2,(H,24,30). The molecule has 0 radical (unpaired) electrons. The molecule has 1 N–H and O–H groups in total. The molecule has 10 nitrogen and oxygen atoms in total. The van der Waals surface area contributed by atoms with Crippen LogP contribution in [0.3, 0.4) is 0 Å². The topological polar surface area (TPSA) is 118 Å². The highest BCUT2D eigenvalue weighted by atomic mass is 32.2. The number of amides is 2. The van der Waals surface area contributed by atoms with Crippen LogP contribution in [0.1, 0.15) is 16.2 Å². The van der Waals surface area contributed by atoms with Gasteiger partial charge in [0.2, 0.25) is 11.0 Å². The molecule has 1 aliphatic heterocycles. The van der Waals surface area contributed by atoms with Gasteiger partial charge in [-0.3, -0.25) is 9.59 Å². The van der Waals surface area contributed by atoms with Crippen molar-refractivity contribution >= 4 is 40.0 Å². The normalized spacial score (nSPS) is 13.7. The van der Waals surface area contributed by atoms with Crippen molar-refractivity contribution < 1.29 is 18.5 Å². The predicted molar refractivity (Wildman–Crippen MR) is 131 cm³/mol. The molecule has 1 aromatic carbocycles. The average Bonchev–Trinajstić information content (AvgIpc) is 3.68. The van der Waals surface area contributed by atoms with Gasteiger partial charge in [0.15, 0.2) is 15.8 Å². The molecule has 0 bridgehead atoms. The predicted octanol–water partition coefficient (Wildman–Crippen LogP) is 3.16. The van der Waals surface area contributed by atoms with E-state index < -0.39 is 0 Å². The van der Waals surface area contributed by atoms with Gasteiger partial charge in [-0.1, -0.05) is 58.6 Å². The van der Waals surface area contributed by atoms with E-state index in [1.165, 1.54) is 23.1 Å². The van der Waals surface area contributed by atoms with E-state index in [4.69, 9.17) is 8.94 Å². The number of anilines is 1. The van der Waals surface area contributed by atoms with Crippen LogP contribution in [0.25, 0.3) is 11.3 Å². The molecule has 0 spiro atoms. The molecular weight excluding hydrogens is 488 g/mol. The van der Waals surface area contributed by atoms with Crippen molar-refractivity contribution in [2.75, 3.05) is 36.8 Å². The van der Waals surface area contributed by atoms with E-state index in [-0.39, 0.29) is 17.6 Å². The van der Waals surface area contributed by atoms with Gasteiger partial charge >= 0.3 is 0 Å². The van der Waals surface area contributed by atoms with E-state index in [0.29, 0.717) is 49.9 Å². The lowest BCUT2D eigenvalue weighted by Gasteiger charge is -2.33. The maximum Gasteiger partial charge on any atom is 0.276 e. The minimum atomic E-state index is -0.148. The summed E-state index contributed by atoms with van der Waals surface area (Å²) in [4.78, 5) is 28.8. The first-order valence-corrected chi connectivity index (χ1v) is 12.8. The number of hydrogen-bond donors (Lipinski definition) is 1. The Hall–Kier alpha value is -3.64. The van der Waals surface area contributed by atoms with Gasteiger partial charge < -0.3 is 24.1 Å². The number of nitrogens with zero attached hydrogens (tertiary/aromatic N) is 5. The van der Waals surface area contributed by atoms with Crippen LogP contribution in [-0.4, -0.2) is 64.0 Å². The highest BCUT2D eigenvalue weighted by molar-refractivity contribution is 8.01. The number of benzene rings is 1. The molecular formula is C23H22N6O4S2. The zero-order chi connectivity index (χ0) is 24.0. The number of thioether (sulfide) groups is 1. The minimum Gasteiger partial charge on any atom is -0.467 e. The molecule has 180 valence electrons. The number of furan rings is 1. The Morgan fingerprint density at radius 1 is 1.06 bits per heavy atom. The molecule has 1 fully saturated rings. The van der Waals surface area contributed by atoms with Gasteiger partial charge in [0.1, 0.15) is 5.76 Å². The third kappa shape index (κ3) is 5.72. The molecule has 0 saturated carbocycles. The first kappa shape index (κ1) is 23.1. The van der Waals surface area contributed by atoms with Gasteiger partial charge in [-0.05, 0) is 12.1 Å². The summed E-state index contributed by atoms with van der Waals surface area (Å²) in [5, 5.41) is 16.0. The van der Waals surface area contributed by atoms with E-state index in [1.54, 1.807) is 23.3 Å². The van der Waals surface area contributed by atoms with Crippen LogP contribution in [0.4, 0.5) is 5.13 Å². The Morgan fingerprint density at radius 2 is 1.89 bits per heavy atom. The summed E-state index contributed by atoms with van der Waals surface area (Å²) >= 11 is 2.79. The maximum atomic E-state index is 12.9. The minimum absolute atomic E-state index is 0.0986. The molecule has 1 aliphatic rings. The number of rotatable bonds is 8. The highest BCUT2D eigenvalue weighted by Gasteiger charge is 2.26. The van der Waals surface area contributed by atoms with Gasteiger partial charge in [0.25, 0.3) is 5.91 Å². The van der Waals surface area contributed by atoms with Gasteiger partial charge in [-0.25, -0.2) is 0 Å². The number of carbonyl (C=O) groups excluding carboxylic acids is 2. The molecule has 3 aromatic heterocycles. The van der Waals surface area contributed by atoms with Gasteiger partial charge in [0, 0.05) is 37.8 Å². The van der Waals surface area contributed by atoms with Crippen LogP contribution in [-0.2, 0) is 11.3 Å². The Labute approximate surface area is 209 Å². The Balaban J connectivity index is 1.09. The van der Waals surface area contributed by atoms with Gasteiger partial charge in [0.05, 0.1) is 18.6 Å².